The molecular weight excluding hydrogens is 274 g/mol. The number of halogens is 3. The molecule has 1 aromatic carbocycles. The summed E-state index contributed by atoms with van der Waals surface area (Å²) in [4.78, 5) is 11.8. The summed E-state index contributed by atoms with van der Waals surface area (Å²) in [5.41, 5.74) is 0.333. The Balaban J connectivity index is 0.00000180. The van der Waals surface area contributed by atoms with Crippen LogP contribution in [0.1, 0.15) is 24.9 Å². The van der Waals surface area contributed by atoms with Gasteiger partial charge in [-0.2, -0.15) is 0 Å². The van der Waals surface area contributed by atoms with E-state index in [4.69, 9.17) is 0 Å². The molecule has 1 aromatic rings. The Bertz CT molecular complexity index is 452. The predicted octanol–water partition coefficient (Wildman–Crippen LogP) is 2.17. The zero-order valence-corrected chi connectivity index (χ0v) is 11.4. The van der Waals surface area contributed by atoms with Crippen LogP contribution in [0.25, 0.3) is 0 Å². The molecule has 1 amide bonds. The minimum Gasteiger partial charge on any atom is -0.349 e. The topological polar surface area (TPSA) is 41.1 Å². The Kier molecular flexibility index (Phi) is 5.69. The van der Waals surface area contributed by atoms with Crippen LogP contribution >= 0.6 is 12.4 Å². The standard InChI is InChI=1S/C13H16F2N2O.ClH/c1-2-12(17-13(18)8-6-16-7-8)10-4-3-9(14)5-11(10)15;/h3-5,8,12,16H,2,6-7H2,1H3,(H,17,18);1H. The van der Waals surface area contributed by atoms with E-state index in [1.54, 1.807) is 0 Å². The van der Waals surface area contributed by atoms with Gasteiger partial charge in [-0.1, -0.05) is 13.0 Å². The quantitative estimate of drug-likeness (QED) is 0.892. The molecule has 1 heterocycles. The number of carbonyl (C=O) groups is 1. The number of carbonyl (C=O) groups excluding carboxylic acids is 1. The Hall–Kier alpha value is -1.20. The zero-order valence-electron chi connectivity index (χ0n) is 10.6. The van der Waals surface area contributed by atoms with Crippen LogP contribution in [0.5, 0.6) is 0 Å². The number of rotatable bonds is 4. The summed E-state index contributed by atoms with van der Waals surface area (Å²) >= 11 is 0. The first-order valence-corrected chi connectivity index (χ1v) is 6.08. The van der Waals surface area contributed by atoms with Crippen LogP contribution in [-0.4, -0.2) is 19.0 Å². The lowest BCUT2D eigenvalue weighted by Crippen LogP contribution is -2.51. The van der Waals surface area contributed by atoms with Crippen LogP contribution in [0.2, 0.25) is 0 Å². The molecule has 1 atom stereocenters. The first kappa shape index (κ1) is 15.9. The van der Waals surface area contributed by atoms with Crippen molar-refractivity contribution in [2.24, 2.45) is 5.92 Å². The van der Waals surface area contributed by atoms with Gasteiger partial charge in [0.1, 0.15) is 11.6 Å². The molecule has 0 aliphatic carbocycles. The van der Waals surface area contributed by atoms with E-state index < -0.39 is 17.7 Å². The summed E-state index contributed by atoms with van der Waals surface area (Å²) in [5.74, 6) is -1.35. The second-order valence-corrected chi connectivity index (χ2v) is 4.49. The van der Waals surface area contributed by atoms with Gasteiger partial charge in [-0.25, -0.2) is 8.78 Å². The van der Waals surface area contributed by atoms with E-state index in [0.29, 0.717) is 25.1 Å². The van der Waals surface area contributed by atoms with Gasteiger partial charge < -0.3 is 10.6 Å². The Morgan fingerprint density at radius 1 is 1.47 bits per heavy atom. The minimum absolute atomic E-state index is 0. The molecular formula is C13H17ClF2N2O. The third-order valence-electron chi connectivity index (χ3n) is 3.21. The number of nitrogens with one attached hydrogen (secondary N) is 2. The fraction of sp³-hybridized carbons (Fsp3) is 0.462. The highest BCUT2D eigenvalue weighted by atomic mass is 35.5. The molecule has 0 saturated carbocycles. The molecule has 2 rings (SSSR count). The molecule has 6 heteroatoms. The molecule has 1 unspecified atom stereocenters. The SMILES string of the molecule is CCC(NC(=O)C1CNC1)c1ccc(F)cc1F.Cl. The van der Waals surface area contributed by atoms with Gasteiger partial charge in [-0.05, 0) is 12.5 Å². The molecule has 106 valence electrons. The molecule has 0 aromatic heterocycles. The maximum atomic E-state index is 13.6. The molecule has 19 heavy (non-hydrogen) atoms. The lowest BCUT2D eigenvalue weighted by atomic mass is 9.99. The average molecular weight is 291 g/mol. The summed E-state index contributed by atoms with van der Waals surface area (Å²) in [6, 6.07) is 3.03. The van der Waals surface area contributed by atoms with Gasteiger partial charge in [0, 0.05) is 24.7 Å². The lowest BCUT2D eigenvalue weighted by molar-refractivity contribution is -0.127. The average Bonchev–Trinajstić information content (AvgIpc) is 2.24. The molecule has 1 saturated heterocycles. The van der Waals surface area contributed by atoms with E-state index in [0.717, 1.165) is 6.07 Å². The summed E-state index contributed by atoms with van der Waals surface area (Å²) in [7, 11) is 0. The van der Waals surface area contributed by atoms with E-state index in [2.05, 4.69) is 10.6 Å². The Morgan fingerprint density at radius 2 is 2.16 bits per heavy atom. The third-order valence-corrected chi connectivity index (χ3v) is 3.21. The van der Waals surface area contributed by atoms with Crippen LogP contribution < -0.4 is 10.6 Å². The smallest absolute Gasteiger partial charge is 0.226 e. The highest BCUT2D eigenvalue weighted by Gasteiger charge is 2.27. The van der Waals surface area contributed by atoms with Crippen molar-refractivity contribution in [1.82, 2.24) is 10.6 Å². The summed E-state index contributed by atoms with van der Waals surface area (Å²) in [6.07, 6.45) is 0.564. The number of hydrogen-bond acceptors (Lipinski definition) is 2. The van der Waals surface area contributed by atoms with E-state index in [1.165, 1.54) is 12.1 Å². The van der Waals surface area contributed by atoms with E-state index >= 15 is 0 Å². The van der Waals surface area contributed by atoms with E-state index in [9.17, 15) is 13.6 Å². The number of hydrogen-bond donors (Lipinski definition) is 2. The van der Waals surface area contributed by atoms with Crippen LogP contribution in [0, 0.1) is 17.6 Å². The van der Waals surface area contributed by atoms with Gasteiger partial charge in [0.2, 0.25) is 5.91 Å². The van der Waals surface area contributed by atoms with Crippen molar-refractivity contribution in [1.29, 1.82) is 0 Å². The predicted molar refractivity (Wildman–Crippen MR) is 71.1 cm³/mol. The van der Waals surface area contributed by atoms with Crippen LogP contribution in [0.15, 0.2) is 18.2 Å². The van der Waals surface area contributed by atoms with Crippen LogP contribution in [0.3, 0.4) is 0 Å². The summed E-state index contributed by atoms with van der Waals surface area (Å²) in [5, 5.41) is 5.81. The Morgan fingerprint density at radius 3 is 2.63 bits per heavy atom. The monoisotopic (exact) mass is 290 g/mol. The summed E-state index contributed by atoms with van der Waals surface area (Å²) < 4.78 is 26.5. The molecule has 1 aliphatic rings. The van der Waals surface area contributed by atoms with Gasteiger partial charge in [0.05, 0.1) is 12.0 Å². The molecule has 0 bridgehead atoms. The van der Waals surface area contributed by atoms with Crippen molar-refractivity contribution in [3.8, 4) is 0 Å². The van der Waals surface area contributed by atoms with E-state index in [-0.39, 0.29) is 24.2 Å². The van der Waals surface area contributed by atoms with Crippen molar-refractivity contribution in [3.05, 3.63) is 35.4 Å². The largest absolute Gasteiger partial charge is 0.349 e. The molecule has 0 spiro atoms. The number of benzene rings is 1. The van der Waals surface area contributed by atoms with Gasteiger partial charge in [0.15, 0.2) is 0 Å². The second kappa shape index (κ2) is 6.82. The molecule has 0 radical (unpaired) electrons. The van der Waals surface area contributed by atoms with Crippen LogP contribution in [0.4, 0.5) is 8.78 Å². The Labute approximate surface area is 117 Å². The first-order valence-electron chi connectivity index (χ1n) is 6.08. The summed E-state index contributed by atoms with van der Waals surface area (Å²) in [6.45, 7) is 3.18. The molecule has 1 fully saturated rings. The van der Waals surface area contributed by atoms with Crippen molar-refractivity contribution < 1.29 is 13.6 Å². The number of amides is 1. The first-order chi connectivity index (χ1) is 8.61. The molecule has 1 aliphatic heterocycles. The fourth-order valence-electron chi connectivity index (χ4n) is 1.95. The second-order valence-electron chi connectivity index (χ2n) is 4.49. The van der Waals surface area contributed by atoms with Gasteiger partial charge in [-0.15, -0.1) is 12.4 Å². The molecule has 2 N–H and O–H groups in total. The van der Waals surface area contributed by atoms with Gasteiger partial charge in [0.25, 0.3) is 0 Å². The van der Waals surface area contributed by atoms with Crippen LogP contribution in [-0.2, 0) is 4.79 Å². The maximum Gasteiger partial charge on any atom is 0.226 e. The fourth-order valence-corrected chi connectivity index (χ4v) is 1.95. The maximum absolute atomic E-state index is 13.6. The van der Waals surface area contributed by atoms with E-state index in [1.807, 2.05) is 6.92 Å². The highest BCUT2D eigenvalue weighted by Crippen LogP contribution is 2.21. The lowest BCUT2D eigenvalue weighted by Gasteiger charge is -2.28. The molecule has 3 nitrogen and oxygen atoms in total. The third kappa shape index (κ3) is 3.64. The van der Waals surface area contributed by atoms with Gasteiger partial charge in [-0.3, -0.25) is 4.79 Å². The normalized spacial score (nSPS) is 16.2. The highest BCUT2D eigenvalue weighted by molar-refractivity contribution is 5.85. The van der Waals surface area contributed by atoms with Crippen molar-refractivity contribution in [3.63, 3.8) is 0 Å². The van der Waals surface area contributed by atoms with Gasteiger partial charge >= 0.3 is 0 Å². The van der Waals surface area contributed by atoms with Crippen molar-refractivity contribution in [2.75, 3.05) is 13.1 Å². The van der Waals surface area contributed by atoms with Crippen molar-refractivity contribution >= 4 is 18.3 Å². The minimum atomic E-state index is -0.617. The van der Waals surface area contributed by atoms with Crippen molar-refractivity contribution in [2.45, 2.75) is 19.4 Å². The zero-order chi connectivity index (χ0) is 13.1.